The van der Waals surface area contributed by atoms with E-state index in [0.29, 0.717) is 6.54 Å². The van der Waals surface area contributed by atoms with Gasteiger partial charge in [0.1, 0.15) is 23.3 Å². The van der Waals surface area contributed by atoms with Crippen molar-refractivity contribution >= 4 is 0 Å². The van der Waals surface area contributed by atoms with Crippen molar-refractivity contribution in [1.82, 2.24) is 9.88 Å². The van der Waals surface area contributed by atoms with Crippen molar-refractivity contribution in [3.63, 3.8) is 0 Å². The quantitative estimate of drug-likeness (QED) is 0.382. The van der Waals surface area contributed by atoms with Crippen molar-refractivity contribution in [2.45, 2.75) is 38.5 Å². The fourth-order valence-corrected chi connectivity index (χ4v) is 4.82. The summed E-state index contributed by atoms with van der Waals surface area (Å²) < 4.78 is 6.73. The lowest BCUT2D eigenvalue weighted by molar-refractivity contribution is 0.0710. The molecule has 1 aliphatic heterocycles. The number of phenolic OH excluding ortho intramolecular Hbond substituents is 1. The highest BCUT2D eigenvalue weighted by molar-refractivity contribution is 5.70. The zero-order valence-corrected chi connectivity index (χ0v) is 19.5. The molecule has 0 saturated heterocycles. The molecule has 4 heteroatoms. The Balaban J connectivity index is 1.53. The number of fused-ring (bicyclic) bond motifs is 3. The standard InChI is InChI=1S/C30H30N2O2/c1-22-30(24-13-6-3-7-14-24)34-28-15-8-18-31-29(28)27-17-16-26(33)20-25(27)21-32(22)19-9-12-23-10-4-2-5-11-23/h2-8,10-11,13-18,20,22,30,33H,9,12,19,21H2,1H3/t22-,30-/m1/s1. The molecule has 34 heavy (non-hydrogen) atoms. The maximum absolute atomic E-state index is 10.3. The molecule has 1 N–H and O–H groups in total. The molecule has 1 aromatic heterocycles. The minimum atomic E-state index is -0.149. The molecule has 5 rings (SSSR count). The van der Waals surface area contributed by atoms with Crippen molar-refractivity contribution in [2.75, 3.05) is 6.54 Å². The summed E-state index contributed by atoms with van der Waals surface area (Å²) in [5.74, 6) is 1.04. The second kappa shape index (κ2) is 10.1. The highest BCUT2D eigenvalue weighted by atomic mass is 16.5. The number of hydrogen-bond acceptors (Lipinski definition) is 4. The first kappa shape index (κ1) is 22.2. The van der Waals surface area contributed by atoms with Crippen molar-refractivity contribution in [1.29, 1.82) is 0 Å². The molecule has 1 aliphatic rings. The average molecular weight is 451 g/mol. The van der Waals surface area contributed by atoms with E-state index in [1.165, 1.54) is 5.56 Å². The van der Waals surface area contributed by atoms with Crippen molar-refractivity contribution in [3.8, 4) is 22.8 Å². The van der Waals surface area contributed by atoms with Gasteiger partial charge >= 0.3 is 0 Å². The van der Waals surface area contributed by atoms with Crippen LogP contribution in [0.4, 0.5) is 0 Å². The number of aromatic hydroxyl groups is 1. The normalized spacial score (nSPS) is 18.0. The number of ether oxygens (including phenoxy) is 1. The first-order valence-electron chi connectivity index (χ1n) is 12.0. The smallest absolute Gasteiger partial charge is 0.146 e. The van der Waals surface area contributed by atoms with Crippen LogP contribution in [0, 0.1) is 0 Å². The lowest BCUT2D eigenvalue weighted by atomic mass is 9.99. The molecule has 2 atom stereocenters. The molecule has 0 unspecified atom stereocenters. The van der Waals surface area contributed by atoms with E-state index in [0.717, 1.165) is 47.5 Å². The van der Waals surface area contributed by atoms with Gasteiger partial charge in [-0.3, -0.25) is 9.88 Å². The summed E-state index contributed by atoms with van der Waals surface area (Å²) in [4.78, 5) is 7.17. The van der Waals surface area contributed by atoms with Gasteiger partial charge in [-0.1, -0.05) is 60.7 Å². The number of pyridine rings is 1. The van der Waals surface area contributed by atoms with Crippen molar-refractivity contribution in [2.24, 2.45) is 0 Å². The maximum Gasteiger partial charge on any atom is 0.146 e. The van der Waals surface area contributed by atoms with E-state index in [-0.39, 0.29) is 17.9 Å². The first-order valence-corrected chi connectivity index (χ1v) is 12.0. The van der Waals surface area contributed by atoms with Crippen LogP contribution in [-0.4, -0.2) is 27.6 Å². The van der Waals surface area contributed by atoms with Gasteiger partial charge in [0, 0.05) is 24.3 Å². The van der Waals surface area contributed by atoms with Crippen LogP contribution >= 0.6 is 0 Å². The SMILES string of the molecule is C[C@@H]1[C@H](c2ccccc2)Oc2cccnc2-c2ccc(O)cc2CN1CCCc1ccccc1. The van der Waals surface area contributed by atoms with Gasteiger partial charge in [-0.05, 0) is 73.3 Å². The zero-order valence-electron chi connectivity index (χ0n) is 19.5. The summed E-state index contributed by atoms with van der Waals surface area (Å²) in [5.41, 5.74) is 5.37. The van der Waals surface area contributed by atoms with Gasteiger partial charge in [-0.15, -0.1) is 0 Å². The largest absolute Gasteiger partial charge is 0.508 e. The van der Waals surface area contributed by atoms with E-state index < -0.39 is 0 Å². The second-order valence-corrected chi connectivity index (χ2v) is 8.94. The number of benzene rings is 3. The number of nitrogens with zero attached hydrogens (tertiary/aromatic N) is 2. The lowest BCUT2D eigenvalue weighted by Gasteiger charge is -2.34. The molecule has 4 nitrogen and oxygen atoms in total. The highest BCUT2D eigenvalue weighted by Gasteiger charge is 2.30. The van der Waals surface area contributed by atoms with E-state index in [4.69, 9.17) is 4.74 Å². The van der Waals surface area contributed by atoms with Gasteiger partial charge in [0.15, 0.2) is 0 Å². The Bertz CT molecular complexity index is 1230. The van der Waals surface area contributed by atoms with Gasteiger partial charge in [0.2, 0.25) is 0 Å². The summed E-state index contributed by atoms with van der Waals surface area (Å²) >= 11 is 0. The number of aromatic nitrogens is 1. The van der Waals surface area contributed by atoms with E-state index in [1.807, 2.05) is 30.3 Å². The number of hydrogen-bond donors (Lipinski definition) is 1. The molecule has 172 valence electrons. The minimum absolute atomic E-state index is 0.111. The first-order chi connectivity index (χ1) is 16.7. The monoisotopic (exact) mass is 450 g/mol. The Hall–Kier alpha value is -3.63. The lowest BCUT2D eigenvalue weighted by Crippen LogP contribution is -2.39. The van der Waals surface area contributed by atoms with Crippen LogP contribution in [0.25, 0.3) is 11.3 Å². The molecular formula is C30H30N2O2. The topological polar surface area (TPSA) is 45.6 Å². The van der Waals surface area contributed by atoms with Gasteiger partial charge in [-0.25, -0.2) is 0 Å². The fraction of sp³-hybridized carbons (Fsp3) is 0.233. The van der Waals surface area contributed by atoms with Crippen LogP contribution in [0.1, 0.15) is 36.1 Å². The Morgan fingerprint density at radius 3 is 2.50 bits per heavy atom. The van der Waals surface area contributed by atoms with E-state index in [1.54, 1.807) is 12.3 Å². The molecule has 0 saturated carbocycles. The van der Waals surface area contributed by atoms with Crippen LogP contribution in [-0.2, 0) is 13.0 Å². The van der Waals surface area contributed by atoms with Gasteiger partial charge < -0.3 is 9.84 Å². The van der Waals surface area contributed by atoms with Crippen LogP contribution in [0.2, 0.25) is 0 Å². The predicted molar refractivity (Wildman–Crippen MR) is 136 cm³/mol. The van der Waals surface area contributed by atoms with Crippen LogP contribution in [0.5, 0.6) is 11.5 Å². The molecule has 4 aromatic rings. The third kappa shape index (κ3) is 4.82. The van der Waals surface area contributed by atoms with Crippen LogP contribution < -0.4 is 4.74 Å². The molecule has 2 heterocycles. The zero-order chi connectivity index (χ0) is 23.3. The Morgan fingerprint density at radius 2 is 1.71 bits per heavy atom. The average Bonchev–Trinajstić information content (AvgIpc) is 2.92. The second-order valence-electron chi connectivity index (χ2n) is 8.94. The van der Waals surface area contributed by atoms with Crippen LogP contribution in [0.15, 0.2) is 97.2 Å². The molecule has 0 bridgehead atoms. The third-order valence-corrected chi connectivity index (χ3v) is 6.64. The molecule has 0 fully saturated rings. The molecule has 0 spiro atoms. The van der Waals surface area contributed by atoms with Gasteiger partial charge in [-0.2, -0.15) is 0 Å². The molecule has 3 aromatic carbocycles. The van der Waals surface area contributed by atoms with Crippen molar-refractivity contribution in [3.05, 3.63) is 114 Å². The fourth-order valence-electron chi connectivity index (χ4n) is 4.82. The Labute approximate surface area is 201 Å². The van der Waals surface area contributed by atoms with Gasteiger partial charge in [0.25, 0.3) is 0 Å². The maximum atomic E-state index is 10.3. The highest BCUT2D eigenvalue weighted by Crippen LogP contribution is 2.39. The van der Waals surface area contributed by atoms with Crippen LogP contribution in [0.3, 0.4) is 0 Å². The summed E-state index contributed by atoms with van der Waals surface area (Å²) in [7, 11) is 0. The molecular weight excluding hydrogens is 420 g/mol. The molecule has 0 radical (unpaired) electrons. The van der Waals surface area contributed by atoms with E-state index in [9.17, 15) is 5.11 Å². The number of rotatable bonds is 5. The van der Waals surface area contributed by atoms with E-state index in [2.05, 4.69) is 71.4 Å². The number of aryl methyl sites for hydroxylation is 1. The number of phenols is 1. The van der Waals surface area contributed by atoms with Gasteiger partial charge in [0.05, 0.1) is 0 Å². The Kier molecular flexibility index (Phi) is 6.59. The summed E-state index contributed by atoms with van der Waals surface area (Å²) in [6.07, 6.45) is 3.71. The third-order valence-electron chi connectivity index (χ3n) is 6.64. The predicted octanol–water partition coefficient (Wildman–Crippen LogP) is 6.41. The Morgan fingerprint density at radius 1 is 0.941 bits per heavy atom. The minimum Gasteiger partial charge on any atom is -0.508 e. The molecule has 0 aliphatic carbocycles. The summed E-state index contributed by atoms with van der Waals surface area (Å²) in [6.45, 7) is 3.87. The summed E-state index contributed by atoms with van der Waals surface area (Å²) in [5, 5.41) is 10.3. The van der Waals surface area contributed by atoms with Crippen molar-refractivity contribution < 1.29 is 9.84 Å². The van der Waals surface area contributed by atoms with E-state index >= 15 is 0 Å². The summed E-state index contributed by atoms with van der Waals surface area (Å²) in [6, 6.07) is 30.6. The molecule has 0 amide bonds.